The fourth-order valence-corrected chi connectivity index (χ4v) is 2.72. The maximum Gasteiger partial charge on any atom is 0.254 e. The highest BCUT2D eigenvalue weighted by Gasteiger charge is 2.18. The van der Waals surface area contributed by atoms with Crippen molar-refractivity contribution in [1.82, 2.24) is 4.90 Å². The van der Waals surface area contributed by atoms with Crippen LogP contribution in [0.3, 0.4) is 0 Å². The number of anilines is 2. The molecule has 1 aliphatic heterocycles. The highest BCUT2D eigenvalue weighted by molar-refractivity contribution is 7.80. The molecule has 1 amide bonds. The van der Waals surface area contributed by atoms with E-state index in [1.165, 1.54) is 6.07 Å². The average molecular weight is 359 g/mol. The Bertz CT molecular complexity index is 761. The minimum Gasteiger partial charge on any atom is -0.378 e. The molecular weight excluding hydrogens is 341 g/mol. The van der Waals surface area contributed by atoms with E-state index in [2.05, 4.69) is 10.6 Å². The highest BCUT2D eigenvalue weighted by Crippen LogP contribution is 2.15. The molecule has 1 saturated heterocycles. The van der Waals surface area contributed by atoms with E-state index in [0.29, 0.717) is 43.2 Å². The molecule has 3 rings (SSSR count). The van der Waals surface area contributed by atoms with Crippen LogP contribution >= 0.6 is 12.2 Å². The van der Waals surface area contributed by atoms with Crippen LogP contribution in [0.15, 0.2) is 48.5 Å². The van der Waals surface area contributed by atoms with E-state index >= 15 is 0 Å². The van der Waals surface area contributed by atoms with Crippen LogP contribution in [0.4, 0.5) is 15.8 Å². The number of rotatable bonds is 3. The summed E-state index contributed by atoms with van der Waals surface area (Å²) in [6.07, 6.45) is 0. The van der Waals surface area contributed by atoms with Gasteiger partial charge in [-0.25, -0.2) is 4.39 Å². The molecule has 0 unspecified atom stereocenters. The summed E-state index contributed by atoms with van der Waals surface area (Å²) in [7, 11) is 0. The summed E-state index contributed by atoms with van der Waals surface area (Å²) >= 11 is 5.19. The lowest BCUT2D eigenvalue weighted by Gasteiger charge is -2.26. The molecule has 2 aromatic carbocycles. The lowest BCUT2D eigenvalue weighted by Crippen LogP contribution is -2.40. The quantitative estimate of drug-likeness (QED) is 0.825. The van der Waals surface area contributed by atoms with E-state index in [0.717, 1.165) is 0 Å². The first kappa shape index (κ1) is 17.3. The first-order valence-electron chi connectivity index (χ1n) is 7.93. The molecule has 0 atom stereocenters. The molecule has 2 aromatic rings. The number of benzene rings is 2. The van der Waals surface area contributed by atoms with Crippen LogP contribution in [-0.2, 0) is 4.74 Å². The van der Waals surface area contributed by atoms with Crippen LogP contribution in [0.1, 0.15) is 10.4 Å². The average Bonchev–Trinajstić information content (AvgIpc) is 2.64. The molecule has 2 N–H and O–H groups in total. The number of halogens is 1. The Morgan fingerprint density at radius 3 is 2.40 bits per heavy atom. The molecule has 0 radical (unpaired) electrons. The first-order chi connectivity index (χ1) is 12.1. The van der Waals surface area contributed by atoms with Gasteiger partial charge in [-0.2, -0.15) is 0 Å². The molecule has 130 valence electrons. The molecule has 5 nitrogen and oxygen atoms in total. The van der Waals surface area contributed by atoms with E-state index in [4.69, 9.17) is 17.0 Å². The van der Waals surface area contributed by atoms with Crippen LogP contribution < -0.4 is 10.6 Å². The number of morpholine rings is 1. The van der Waals surface area contributed by atoms with Crippen molar-refractivity contribution in [3.05, 3.63) is 59.9 Å². The van der Waals surface area contributed by atoms with Gasteiger partial charge in [-0.05, 0) is 48.6 Å². The van der Waals surface area contributed by atoms with Crippen LogP contribution in [0.2, 0.25) is 0 Å². The second-order valence-corrected chi connectivity index (χ2v) is 5.95. The Morgan fingerprint density at radius 2 is 1.72 bits per heavy atom. The van der Waals surface area contributed by atoms with Crippen LogP contribution in [0.25, 0.3) is 0 Å². The number of carbonyl (C=O) groups is 1. The van der Waals surface area contributed by atoms with E-state index < -0.39 is 0 Å². The summed E-state index contributed by atoms with van der Waals surface area (Å²) in [5.74, 6) is -0.389. The number of nitrogens with zero attached hydrogens (tertiary/aromatic N) is 1. The first-order valence-corrected chi connectivity index (χ1v) is 8.34. The summed E-state index contributed by atoms with van der Waals surface area (Å²) in [6.45, 7) is 2.35. The molecule has 0 saturated carbocycles. The third kappa shape index (κ3) is 4.52. The second-order valence-electron chi connectivity index (χ2n) is 5.54. The number of para-hydroxylation sites is 1. The van der Waals surface area contributed by atoms with E-state index in [1.807, 2.05) is 0 Å². The van der Waals surface area contributed by atoms with Gasteiger partial charge in [-0.15, -0.1) is 0 Å². The molecule has 1 aliphatic rings. The number of ether oxygens (including phenoxy) is 1. The number of amides is 1. The van der Waals surface area contributed by atoms with E-state index in [1.54, 1.807) is 47.4 Å². The molecule has 25 heavy (non-hydrogen) atoms. The van der Waals surface area contributed by atoms with Gasteiger partial charge in [0.05, 0.1) is 18.9 Å². The topological polar surface area (TPSA) is 53.6 Å². The van der Waals surface area contributed by atoms with Gasteiger partial charge >= 0.3 is 0 Å². The van der Waals surface area contributed by atoms with Gasteiger partial charge in [0.1, 0.15) is 5.82 Å². The summed E-state index contributed by atoms with van der Waals surface area (Å²) in [6, 6.07) is 13.3. The monoisotopic (exact) mass is 359 g/mol. The SMILES string of the molecule is O=C(c1ccc(NC(=S)Nc2ccccc2F)cc1)N1CCOCC1. The third-order valence-electron chi connectivity index (χ3n) is 3.81. The van der Waals surface area contributed by atoms with Gasteiger partial charge in [-0.3, -0.25) is 4.79 Å². The van der Waals surface area contributed by atoms with Crippen molar-refractivity contribution < 1.29 is 13.9 Å². The standard InChI is InChI=1S/C18H18FN3O2S/c19-15-3-1-2-4-16(15)21-18(25)20-14-7-5-13(6-8-14)17(23)22-9-11-24-12-10-22/h1-8H,9-12H2,(H2,20,21,25). The van der Waals surface area contributed by atoms with Crippen molar-refractivity contribution in [2.24, 2.45) is 0 Å². The lowest BCUT2D eigenvalue weighted by atomic mass is 10.1. The van der Waals surface area contributed by atoms with Gasteiger partial charge in [0.2, 0.25) is 0 Å². The number of nitrogens with one attached hydrogen (secondary N) is 2. The number of carbonyl (C=O) groups excluding carboxylic acids is 1. The zero-order valence-corrected chi connectivity index (χ0v) is 14.3. The number of thiocarbonyl (C=S) groups is 1. The molecular formula is C18H18FN3O2S. The maximum atomic E-state index is 13.6. The Labute approximate surface area is 150 Å². The van der Waals surface area contributed by atoms with Crippen molar-refractivity contribution in [1.29, 1.82) is 0 Å². The summed E-state index contributed by atoms with van der Waals surface area (Å²) < 4.78 is 18.9. The fraction of sp³-hybridized carbons (Fsp3) is 0.222. The lowest BCUT2D eigenvalue weighted by molar-refractivity contribution is 0.0303. The van der Waals surface area contributed by atoms with E-state index in [9.17, 15) is 9.18 Å². The molecule has 0 aromatic heterocycles. The van der Waals surface area contributed by atoms with Crippen molar-refractivity contribution >= 4 is 34.6 Å². The van der Waals surface area contributed by atoms with E-state index in [-0.39, 0.29) is 16.8 Å². The number of hydrogen-bond donors (Lipinski definition) is 2. The summed E-state index contributed by atoms with van der Waals surface area (Å²) in [5, 5.41) is 6.05. The van der Waals surface area contributed by atoms with Gasteiger partial charge in [0, 0.05) is 24.3 Å². The maximum absolute atomic E-state index is 13.6. The molecule has 1 heterocycles. The zero-order valence-electron chi connectivity index (χ0n) is 13.5. The molecule has 0 spiro atoms. The predicted molar refractivity (Wildman–Crippen MR) is 99.4 cm³/mol. The Hall–Kier alpha value is -2.51. The largest absolute Gasteiger partial charge is 0.378 e. The number of hydrogen-bond acceptors (Lipinski definition) is 3. The molecule has 0 aliphatic carbocycles. The highest BCUT2D eigenvalue weighted by atomic mass is 32.1. The van der Waals surface area contributed by atoms with Crippen LogP contribution in [0.5, 0.6) is 0 Å². The third-order valence-corrected chi connectivity index (χ3v) is 4.01. The minimum absolute atomic E-state index is 0.0121. The Morgan fingerprint density at radius 1 is 1.04 bits per heavy atom. The molecule has 7 heteroatoms. The van der Waals surface area contributed by atoms with Crippen molar-refractivity contribution in [3.8, 4) is 0 Å². The fourth-order valence-electron chi connectivity index (χ4n) is 2.49. The van der Waals surface area contributed by atoms with Gasteiger partial charge < -0.3 is 20.3 Å². The predicted octanol–water partition coefficient (Wildman–Crippen LogP) is 3.11. The summed E-state index contributed by atoms with van der Waals surface area (Å²) in [5.41, 5.74) is 1.63. The van der Waals surface area contributed by atoms with Crippen LogP contribution in [-0.4, -0.2) is 42.2 Å². The molecule has 1 fully saturated rings. The van der Waals surface area contributed by atoms with Crippen molar-refractivity contribution in [2.75, 3.05) is 36.9 Å². The minimum atomic E-state index is -0.377. The van der Waals surface area contributed by atoms with Crippen LogP contribution in [0, 0.1) is 5.82 Å². The van der Waals surface area contributed by atoms with Gasteiger partial charge in [-0.1, -0.05) is 12.1 Å². The smallest absolute Gasteiger partial charge is 0.254 e. The van der Waals surface area contributed by atoms with Crippen molar-refractivity contribution in [2.45, 2.75) is 0 Å². The van der Waals surface area contributed by atoms with Crippen molar-refractivity contribution in [3.63, 3.8) is 0 Å². The molecule has 0 bridgehead atoms. The Balaban J connectivity index is 1.59. The zero-order chi connectivity index (χ0) is 17.6. The summed E-state index contributed by atoms with van der Waals surface area (Å²) in [4.78, 5) is 14.2. The van der Waals surface area contributed by atoms with Gasteiger partial charge in [0.25, 0.3) is 5.91 Å². The van der Waals surface area contributed by atoms with Gasteiger partial charge in [0.15, 0.2) is 5.11 Å². The Kier molecular flexibility index (Phi) is 5.57. The normalized spacial score (nSPS) is 14.0. The second kappa shape index (κ2) is 8.04.